The first-order chi connectivity index (χ1) is 15.3. The average Bonchev–Trinajstić information content (AvgIpc) is 3.29. The lowest BCUT2D eigenvalue weighted by Crippen LogP contribution is -2.35. The second kappa shape index (κ2) is 11.0. The molecular formula is C24H30ClN3O3S. The quantitative estimate of drug-likeness (QED) is 0.523. The predicted molar refractivity (Wildman–Crippen MR) is 130 cm³/mol. The third-order valence-corrected chi connectivity index (χ3v) is 7.76. The van der Waals surface area contributed by atoms with Crippen LogP contribution in [0.3, 0.4) is 0 Å². The molecule has 2 aromatic carbocycles. The van der Waals surface area contributed by atoms with Gasteiger partial charge in [0.05, 0.1) is 17.3 Å². The molecule has 1 atom stereocenters. The Kier molecular flexibility index (Phi) is 8.34. The minimum atomic E-state index is -4.01. The van der Waals surface area contributed by atoms with Gasteiger partial charge in [-0.25, -0.2) is 8.42 Å². The van der Waals surface area contributed by atoms with Crippen LogP contribution in [0, 0.1) is 5.92 Å². The molecule has 1 unspecified atom stereocenters. The first-order valence-electron chi connectivity index (χ1n) is 10.8. The van der Waals surface area contributed by atoms with E-state index in [4.69, 9.17) is 11.6 Å². The van der Waals surface area contributed by atoms with Crippen LogP contribution in [-0.2, 0) is 10.0 Å². The normalized spacial score (nSPS) is 15.3. The fourth-order valence-electron chi connectivity index (χ4n) is 3.85. The molecule has 0 aliphatic carbocycles. The van der Waals surface area contributed by atoms with E-state index >= 15 is 0 Å². The summed E-state index contributed by atoms with van der Waals surface area (Å²) in [6.07, 6.45) is 3.97. The number of carbonyl (C=O) groups is 1. The molecule has 1 aliphatic heterocycles. The second-order valence-electron chi connectivity index (χ2n) is 8.13. The zero-order valence-corrected chi connectivity index (χ0v) is 19.9. The Hall–Kier alpha value is -2.35. The van der Waals surface area contributed by atoms with Gasteiger partial charge in [0.15, 0.2) is 0 Å². The zero-order valence-electron chi connectivity index (χ0n) is 18.3. The highest BCUT2D eigenvalue weighted by Gasteiger charge is 2.27. The Balaban J connectivity index is 1.77. The van der Waals surface area contributed by atoms with Gasteiger partial charge in [-0.1, -0.05) is 42.8 Å². The molecule has 1 amide bonds. The molecule has 6 nitrogen and oxygen atoms in total. The molecule has 1 saturated heterocycles. The summed E-state index contributed by atoms with van der Waals surface area (Å²) < 4.78 is 28.1. The summed E-state index contributed by atoms with van der Waals surface area (Å²) in [5.74, 6) is -0.0184. The first-order valence-corrected chi connectivity index (χ1v) is 12.6. The molecule has 8 heteroatoms. The smallest absolute Gasteiger partial charge is 0.266 e. The number of sulfonamides is 1. The van der Waals surface area contributed by atoms with Crippen molar-refractivity contribution in [3.8, 4) is 0 Å². The molecule has 1 aliphatic rings. The highest BCUT2D eigenvalue weighted by molar-refractivity contribution is 7.93. The van der Waals surface area contributed by atoms with Gasteiger partial charge >= 0.3 is 0 Å². The maximum absolute atomic E-state index is 13.4. The van der Waals surface area contributed by atoms with E-state index in [-0.39, 0.29) is 27.9 Å². The van der Waals surface area contributed by atoms with Gasteiger partial charge in [0.1, 0.15) is 4.90 Å². The van der Waals surface area contributed by atoms with E-state index < -0.39 is 10.0 Å². The van der Waals surface area contributed by atoms with Gasteiger partial charge in [0.25, 0.3) is 15.9 Å². The maximum Gasteiger partial charge on any atom is 0.266 e. The van der Waals surface area contributed by atoms with E-state index in [2.05, 4.69) is 23.7 Å². The van der Waals surface area contributed by atoms with E-state index in [1.807, 2.05) is 6.07 Å². The number of anilines is 1. The number of benzene rings is 2. The van der Waals surface area contributed by atoms with Crippen molar-refractivity contribution >= 4 is 33.2 Å². The van der Waals surface area contributed by atoms with Crippen molar-refractivity contribution in [1.29, 1.82) is 0 Å². The van der Waals surface area contributed by atoms with E-state index in [0.29, 0.717) is 18.2 Å². The third-order valence-electron chi connectivity index (χ3n) is 5.48. The van der Waals surface area contributed by atoms with Crippen molar-refractivity contribution in [2.24, 2.45) is 5.92 Å². The number of amides is 1. The maximum atomic E-state index is 13.4. The van der Waals surface area contributed by atoms with Crippen LogP contribution in [-0.4, -0.2) is 51.9 Å². The molecular weight excluding hydrogens is 446 g/mol. The SMILES string of the molecule is C=CCN(c1ccccc1)S(=O)(=O)c1cc(C(=O)NCC(C)CN2CCCC2)ccc1Cl. The topological polar surface area (TPSA) is 69.7 Å². The Bertz CT molecular complexity index is 1040. The van der Waals surface area contributed by atoms with Crippen LogP contribution in [0.4, 0.5) is 5.69 Å². The molecule has 0 aromatic heterocycles. The van der Waals surface area contributed by atoms with Crippen LogP contribution in [0.5, 0.6) is 0 Å². The molecule has 1 heterocycles. The van der Waals surface area contributed by atoms with Gasteiger partial charge in [-0.15, -0.1) is 6.58 Å². The Morgan fingerprint density at radius 3 is 2.56 bits per heavy atom. The first kappa shape index (κ1) is 24.3. The van der Waals surface area contributed by atoms with Crippen LogP contribution < -0.4 is 9.62 Å². The average molecular weight is 476 g/mol. The molecule has 1 N–H and O–H groups in total. The number of para-hydroxylation sites is 1. The number of halogens is 1. The van der Waals surface area contributed by atoms with Crippen LogP contribution >= 0.6 is 11.6 Å². The van der Waals surface area contributed by atoms with Crippen LogP contribution in [0.25, 0.3) is 0 Å². The van der Waals surface area contributed by atoms with Gasteiger partial charge in [0, 0.05) is 18.7 Å². The van der Waals surface area contributed by atoms with Gasteiger partial charge in [-0.2, -0.15) is 0 Å². The van der Waals surface area contributed by atoms with Gasteiger partial charge in [-0.05, 0) is 62.2 Å². The van der Waals surface area contributed by atoms with E-state index in [1.165, 1.54) is 35.4 Å². The number of likely N-dealkylation sites (tertiary alicyclic amines) is 1. The second-order valence-corrected chi connectivity index (χ2v) is 10.4. The van der Waals surface area contributed by atoms with E-state index in [1.54, 1.807) is 30.3 Å². The van der Waals surface area contributed by atoms with Crippen molar-refractivity contribution in [2.75, 3.05) is 37.0 Å². The van der Waals surface area contributed by atoms with Crippen LogP contribution in [0.15, 0.2) is 66.1 Å². The molecule has 32 heavy (non-hydrogen) atoms. The third kappa shape index (κ3) is 5.91. The van der Waals surface area contributed by atoms with Gasteiger partial charge in [-0.3, -0.25) is 9.10 Å². The molecule has 2 aromatic rings. The lowest BCUT2D eigenvalue weighted by atomic mass is 10.1. The minimum absolute atomic E-state index is 0.0638. The highest BCUT2D eigenvalue weighted by atomic mass is 35.5. The number of rotatable bonds is 10. The summed E-state index contributed by atoms with van der Waals surface area (Å²) in [5, 5.41) is 2.99. The lowest BCUT2D eigenvalue weighted by Gasteiger charge is -2.24. The molecule has 0 radical (unpaired) electrons. The fourth-order valence-corrected chi connectivity index (χ4v) is 5.79. The van der Waals surface area contributed by atoms with E-state index in [9.17, 15) is 13.2 Å². The molecule has 1 fully saturated rings. The summed E-state index contributed by atoms with van der Waals surface area (Å²) in [5.41, 5.74) is 0.752. The standard InChI is InChI=1S/C24H30ClN3O3S/c1-3-13-28(21-9-5-4-6-10-21)32(30,31)23-16-20(11-12-22(23)25)24(29)26-17-19(2)18-27-14-7-8-15-27/h3-6,9-12,16,19H,1,7-8,13-15,17-18H2,2H3,(H,26,29). The Morgan fingerprint density at radius 2 is 1.91 bits per heavy atom. The molecule has 3 rings (SSSR count). The number of nitrogens with zero attached hydrogens (tertiary/aromatic N) is 2. The Morgan fingerprint density at radius 1 is 1.22 bits per heavy atom. The number of hydrogen-bond acceptors (Lipinski definition) is 4. The largest absolute Gasteiger partial charge is 0.352 e. The number of carbonyl (C=O) groups excluding carboxylic acids is 1. The summed E-state index contributed by atoms with van der Waals surface area (Å²) in [6, 6.07) is 13.1. The fraction of sp³-hybridized carbons (Fsp3) is 0.375. The molecule has 172 valence electrons. The highest BCUT2D eigenvalue weighted by Crippen LogP contribution is 2.29. The van der Waals surface area contributed by atoms with E-state index in [0.717, 1.165) is 19.6 Å². The van der Waals surface area contributed by atoms with Crippen LogP contribution in [0.2, 0.25) is 5.02 Å². The Labute approximate surface area is 195 Å². The summed E-state index contributed by atoms with van der Waals surface area (Å²) in [7, 11) is -4.01. The zero-order chi connectivity index (χ0) is 23.1. The van der Waals surface area contributed by atoms with Crippen molar-refractivity contribution < 1.29 is 13.2 Å². The molecule has 0 bridgehead atoms. The lowest BCUT2D eigenvalue weighted by molar-refractivity contribution is 0.0945. The molecule has 0 spiro atoms. The minimum Gasteiger partial charge on any atom is -0.352 e. The monoisotopic (exact) mass is 475 g/mol. The predicted octanol–water partition coefficient (Wildman–Crippen LogP) is 4.18. The van der Waals surface area contributed by atoms with Gasteiger partial charge in [0.2, 0.25) is 0 Å². The van der Waals surface area contributed by atoms with Crippen molar-refractivity contribution in [2.45, 2.75) is 24.7 Å². The summed E-state index contributed by atoms with van der Waals surface area (Å²) in [6.45, 7) is 9.53. The van der Waals surface area contributed by atoms with Gasteiger partial charge < -0.3 is 10.2 Å². The van der Waals surface area contributed by atoms with Crippen LogP contribution in [0.1, 0.15) is 30.1 Å². The number of hydrogen-bond donors (Lipinski definition) is 1. The molecule has 0 saturated carbocycles. The van der Waals surface area contributed by atoms with Crippen molar-refractivity contribution in [1.82, 2.24) is 10.2 Å². The van der Waals surface area contributed by atoms with Crippen molar-refractivity contribution in [3.63, 3.8) is 0 Å². The summed E-state index contributed by atoms with van der Waals surface area (Å²) in [4.78, 5) is 15.0. The number of nitrogens with one attached hydrogen (secondary N) is 1. The van der Waals surface area contributed by atoms with Crippen molar-refractivity contribution in [3.05, 3.63) is 71.8 Å². The summed E-state index contributed by atoms with van der Waals surface area (Å²) >= 11 is 6.27.